The molecule has 3 heteroatoms. The molecule has 0 N–H and O–H groups in total. The Hall–Kier alpha value is -1.22. The van der Waals surface area contributed by atoms with Gasteiger partial charge in [-0.1, -0.05) is 19.1 Å². The largest absolute Gasteiger partial charge is 0.296 e. The molecule has 0 bridgehead atoms. The van der Waals surface area contributed by atoms with Gasteiger partial charge >= 0.3 is 0 Å². The molecule has 98 valence electrons. The number of nitrogens with zero attached hydrogens (tertiary/aromatic N) is 1. The molecular weight excluding hydrogens is 229 g/mol. The molecule has 0 amide bonds. The predicted octanol–water partition coefficient (Wildman–Crippen LogP) is 3.13. The minimum Gasteiger partial charge on any atom is -0.296 e. The van der Waals surface area contributed by atoms with E-state index < -0.39 is 5.82 Å². The number of rotatable bonds is 3. The topological polar surface area (TPSA) is 20.3 Å². The van der Waals surface area contributed by atoms with Crippen molar-refractivity contribution in [1.29, 1.82) is 0 Å². The molecule has 1 aromatic rings. The number of likely N-dealkylation sites (tertiary alicyclic amines) is 1. The van der Waals surface area contributed by atoms with Crippen LogP contribution in [0.1, 0.15) is 36.5 Å². The predicted molar refractivity (Wildman–Crippen MR) is 70.2 cm³/mol. The SMILES string of the molecule is CC1CCCN(CC(=O)c2ccccc2F)CC1. The number of carbonyl (C=O) groups is 1. The van der Waals surface area contributed by atoms with E-state index in [0.717, 1.165) is 31.8 Å². The number of benzene rings is 1. The van der Waals surface area contributed by atoms with E-state index in [-0.39, 0.29) is 11.3 Å². The number of Topliss-reactive ketones (excluding diaryl/α,β-unsaturated/α-hetero) is 1. The Labute approximate surface area is 108 Å². The first-order valence-electron chi connectivity index (χ1n) is 6.67. The van der Waals surface area contributed by atoms with Crippen LogP contribution in [0.4, 0.5) is 4.39 Å². The fourth-order valence-electron chi connectivity index (χ4n) is 2.46. The Morgan fingerprint density at radius 3 is 2.89 bits per heavy atom. The van der Waals surface area contributed by atoms with Crippen molar-refractivity contribution in [3.63, 3.8) is 0 Å². The van der Waals surface area contributed by atoms with Crippen LogP contribution in [0.3, 0.4) is 0 Å². The Balaban J connectivity index is 1.97. The molecule has 0 aromatic heterocycles. The summed E-state index contributed by atoms with van der Waals surface area (Å²) in [6, 6.07) is 6.23. The average molecular weight is 249 g/mol. The lowest BCUT2D eigenvalue weighted by Gasteiger charge is -2.19. The van der Waals surface area contributed by atoms with Crippen LogP contribution >= 0.6 is 0 Å². The van der Waals surface area contributed by atoms with Gasteiger partial charge in [0.15, 0.2) is 5.78 Å². The third-order valence-electron chi connectivity index (χ3n) is 3.65. The van der Waals surface area contributed by atoms with Gasteiger partial charge in [0.2, 0.25) is 0 Å². The van der Waals surface area contributed by atoms with Gasteiger partial charge in [0.25, 0.3) is 0 Å². The summed E-state index contributed by atoms with van der Waals surface area (Å²) in [6.07, 6.45) is 3.49. The highest BCUT2D eigenvalue weighted by molar-refractivity contribution is 5.97. The number of ketones is 1. The van der Waals surface area contributed by atoms with Gasteiger partial charge in [0, 0.05) is 0 Å². The summed E-state index contributed by atoms with van der Waals surface area (Å²) in [5.41, 5.74) is 0.217. The molecule has 1 aromatic carbocycles. The van der Waals surface area contributed by atoms with Crippen molar-refractivity contribution in [2.75, 3.05) is 19.6 Å². The molecule has 1 heterocycles. The van der Waals surface area contributed by atoms with Gasteiger partial charge in [0.1, 0.15) is 5.82 Å². The second kappa shape index (κ2) is 6.10. The van der Waals surface area contributed by atoms with Crippen LogP contribution in [0.5, 0.6) is 0 Å². The number of halogens is 1. The fraction of sp³-hybridized carbons (Fsp3) is 0.533. The maximum Gasteiger partial charge on any atom is 0.179 e. The molecule has 1 fully saturated rings. The lowest BCUT2D eigenvalue weighted by atomic mass is 10.0. The van der Waals surface area contributed by atoms with Gasteiger partial charge in [0.05, 0.1) is 12.1 Å². The van der Waals surface area contributed by atoms with Crippen LogP contribution in [0.2, 0.25) is 0 Å². The van der Waals surface area contributed by atoms with Gasteiger partial charge in [-0.3, -0.25) is 9.69 Å². The summed E-state index contributed by atoms with van der Waals surface area (Å²) in [5, 5.41) is 0. The van der Waals surface area contributed by atoms with E-state index in [0.29, 0.717) is 6.54 Å². The molecule has 1 unspecified atom stereocenters. The number of hydrogen-bond donors (Lipinski definition) is 0. The van der Waals surface area contributed by atoms with Crippen LogP contribution in [0.25, 0.3) is 0 Å². The van der Waals surface area contributed by atoms with Crippen molar-refractivity contribution in [2.45, 2.75) is 26.2 Å². The van der Waals surface area contributed by atoms with Crippen molar-refractivity contribution in [2.24, 2.45) is 5.92 Å². The molecular formula is C15H20FNO. The van der Waals surface area contributed by atoms with Crippen molar-refractivity contribution in [3.8, 4) is 0 Å². The molecule has 1 atom stereocenters. The second-order valence-electron chi connectivity index (χ2n) is 5.22. The summed E-state index contributed by atoms with van der Waals surface area (Å²) >= 11 is 0. The van der Waals surface area contributed by atoms with E-state index in [4.69, 9.17) is 0 Å². The van der Waals surface area contributed by atoms with Crippen LogP contribution < -0.4 is 0 Å². The van der Waals surface area contributed by atoms with Gasteiger partial charge < -0.3 is 0 Å². The van der Waals surface area contributed by atoms with E-state index >= 15 is 0 Å². The molecule has 18 heavy (non-hydrogen) atoms. The molecule has 2 nitrogen and oxygen atoms in total. The maximum atomic E-state index is 13.5. The van der Waals surface area contributed by atoms with Gasteiger partial charge in [-0.15, -0.1) is 0 Å². The highest BCUT2D eigenvalue weighted by Crippen LogP contribution is 2.17. The van der Waals surface area contributed by atoms with E-state index in [2.05, 4.69) is 11.8 Å². The summed E-state index contributed by atoms with van der Waals surface area (Å²) in [6.45, 7) is 4.49. The van der Waals surface area contributed by atoms with Crippen molar-refractivity contribution < 1.29 is 9.18 Å². The van der Waals surface area contributed by atoms with E-state index in [1.165, 1.54) is 12.5 Å². The van der Waals surface area contributed by atoms with E-state index in [1.807, 2.05) is 0 Å². The van der Waals surface area contributed by atoms with Gasteiger partial charge in [-0.25, -0.2) is 4.39 Å². The first-order valence-corrected chi connectivity index (χ1v) is 6.67. The van der Waals surface area contributed by atoms with Crippen LogP contribution in [0.15, 0.2) is 24.3 Å². The number of carbonyl (C=O) groups excluding carboxylic acids is 1. The van der Waals surface area contributed by atoms with E-state index in [1.54, 1.807) is 18.2 Å². The first-order chi connectivity index (χ1) is 8.66. The molecule has 1 aliphatic heterocycles. The Morgan fingerprint density at radius 1 is 1.33 bits per heavy atom. The lowest BCUT2D eigenvalue weighted by Crippen LogP contribution is -2.31. The third kappa shape index (κ3) is 3.39. The lowest BCUT2D eigenvalue weighted by molar-refractivity contribution is 0.0928. The first kappa shape index (κ1) is 13.2. The minimum atomic E-state index is -0.411. The highest BCUT2D eigenvalue weighted by atomic mass is 19.1. The zero-order valence-corrected chi connectivity index (χ0v) is 10.9. The summed E-state index contributed by atoms with van der Waals surface area (Å²) < 4.78 is 13.5. The standard InChI is InChI=1S/C15H20FNO/c1-12-5-4-9-17(10-8-12)11-15(18)13-6-2-3-7-14(13)16/h2-3,6-7,12H,4-5,8-11H2,1H3. The molecule has 2 rings (SSSR count). The third-order valence-corrected chi connectivity index (χ3v) is 3.65. The smallest absolute Gasteiger partial charge is 0.179 e. The molecule has 0 radical (unpaired) electrons. The van der Waals surface area contributed by atoms with Crippen molar-refractivity contribution in [1.82, 2.24) is 4.90 Å². The normalized spacial score (nSPS) is 21.6. The quantitative estimate of drug-likeness (QED) is 0.767. The molecule has 0 aliphatic carbocycles. The minimum absolute atomic E-state index is 0.109. The highest BCUT2D eigenvalue weighted by Gasteiger charge is 2.18. The second-order valence-corrected chi connectivity index (χ2v) is 5.22. The summed E-state index contributed by atoms with van der Waals surface area (Å²) in [7, 11) is 0. The molecule has 1 saturated heterocycles. The Kier molecular flexibility index (Phi) is 4.48. The van der Waals surface area contributed by atoms with Gasteiger partial charge in [-0.2, -0.15) is 0 Å². The summed E-state index contributed by atoms with van der Waals surface area (Å²) in [5.74, 6) is 0.215. The molecule has 0 spiro atoms. The zero-order valence-electron chi connectivity index (χ0n) is 10.9. The maximum absolute atomic E-state index is 13.5. The van der Waals surface area contributed by atoms with Crippen molar-refractivity contribution in [3.05, 3.63) is 35.6 Å². The van der Waals surface area contributed by atoms with Crippen LogP contribution in [0, 0.1) is 11.7 Å². The monoisotopic (exact) mass is 249 g/mol. The van der Waals surface area contributed by atoms with Crippen LogP contribution in [-0.4, -0.2) is 30.3 Å². The van der Waals surface area contributed by atoms with E-state index in [9.17, 15) is 9.18 Å². The fourth-order valence-corrected chi connectivity index (χ4v) is 2.46. The average Bonchev–Trinajstić information content (AvgIpc) is 2.55. The molecule has 0 saturated carbocycles. The zero-order chi connectivity index (χ0) is 13.0. The molecule has 1 aliphatic rings. The van der Waals surface area contributed by atoms with Crippen LogP contribution in [-0.2, 0) is 0 Å². The van der Waals surface area contributed by atoms with Gasteiger partial charge in [-0.05, 0) is 50.4 Å². The Bertz CT molecular complexity index is 419. The Morgan fingerprint density at radius 2 is 2.11 bits per heavy atom. The summed E-state index contributed by atoms with van der Waals surface area (Å²) in [4.78, 5) is 14.2. The van der Waals surface area contributed by atoms with Crippen molar-refractivity contribution >= 4 is 5.78 Å². The number of hydrogen-bond acceptors (Lipinski definition) is 2.